The molecule has 1 aromatic carbocycles. The van der Waals surface area contributed by atoms with Crippen molar-refractivity contribution in [1.82, 2.24) is 5.32 Å². The number of aryl methyl sites for hydroxylation is 1. The Bertz CT molecular complexity index is 459. The first-order valence-electron chi connectivity index (χ1n) is 6.86. The van der Waals surface area contributed by atoms with Gasteiger partial charge in [0, 0.05) is 18.7 Å². The predicted octanol–water partition coefficient (Wildman–Crippen LogP) is 1.34. The average Bonchev–Trinajstić information content (AvgIpc) is 2.77. The number of aliphatic hydroxyl groups is 1. The molecule has 0 saturated heterocycles. The van der Waals surface area contributed by atoms with E-state index in [-0.39, 0.29) is 6.10 Å². The Morgan fingerprint density at radius 1 is 1.47 bits per heavy atom. The van der Waals surface area contributed by atoms with Crippen molar-refractivity contribution in [1.29, 1.82) is 0 Å². The number of rotatable bonds is 5. The van der Waals surface area contributed by atoms with Crippen LogP contribution in [0.25, 0.3) is 0 Å². The summed E-state index contributed by atoms with van der Waals surface area (Å²) in [5.41, 5.74) is 8.03. The van der Waals surface area contributed by atoms with Crippen LogP contribution in [0.3, 0.4) is 0 Å². The highest BCUT2D eigenvalue weighted by molar-refractivity contribution is 5.93. The topological polar surface area (TPSA) is 75.4 Å². The van der Waals surface area contributed by atoms with Crippen LogP contribution in [0.4, 0.5) is 0 Å². The quantitative estimate of drug-likeness (QED) is 0.749. The standard InChI is InChI=1S/C15H22N2O2/c1-10-7-11(15(16)19)5-6-12(10)8-17-9-13-3-2-4-14(13)18/h5-7,13-14,17-18H,2-4,8-9H2,1H3,(H2,16,19). The minimum absolute atomic E-state index is 0.147. The van der Waals surface area contributed by atoms with E-state index in [1.807, 2.05) is 19.1 Å². The van der Waals surface area contributed by atoms with Crippen molar-refractivity contribution in [2.75, 3.05) is 6.54 Å². The number of amides is 1. The summed E-state index contributed by atoms with van der Waals surface area (Å²) in [5, 5.41) is 13.1. The van der Waals surface area contributed by atoms with Crippen LogP contribution >= 0.6 is 0 Å². The lowest BCUT2D eigenvalue weighted by atomic mass is 10.0. The molecule has 1 saturated carbocycles. The molecule has 0 aromatic heterocycles. The molecule has 104 valence electrons. The van der Waals surface area contributed by atoms with Gasteiger partial charge >= 0.3 is 0 Å². The molecule has 19 heavy (non-hydrogen) atoms. The summed E-state index contributed by atoms with van der Waals surface area (Å²) in [5.74, 6) is -0.0121. The lowest BCUT2D eigenvalue weighted by Gasteiger charge is -2.16. The molecule has 2 atom stereocenters. The summed E-state index contributed by atoms with van der Waals surface area (Å²) in [4.78, 5) is 11.1. The highest BCUT2D eigenvalue weighted by Gasteiger charge is 2.24. The number of aliphatic hydroxyl groups excluding tert-OH is 1. The third kappa shape index (κ3) is 3.55. The maximum atomic E-state index is 11.1. The monoisotopic (exact) mass is 262 g/mol. The normalized spacial score (nSPS) is 22.6. The van der Waals surface area contributed by atoms with Gasteiger partial charge in [-0.2, -0.15) is 0 Å². The van der Waals surface area contributed by atoms with Crippen LogP contribution in [0.15, 0.2) is 18.2 Å². The highest BCUT2D eigenvalue weighted by Crippen LogP contribution is 2.24. The maximum absolute atomic E-state index is 11.1. The van der Waals surface area contributed by atoms with E-state index in [0.29, 0.717) is 11.5 Å². The summed E-state index contributed by atoms with van der Waals surface area (Å²) in [6.07, 6.45) is 3.01. The molecule has 4 N–H and O–H groups in total. The van der Waals surface area contributed by atoms with Gasteiger partial charge in [0.2, 0.25) is 5.91 Å². The fourth-order valence-corrected chi connectivity index (χ4v) is 2.70. The van der Waals surface area contributed by atoms with Crippen molar-refractivity contribution in [3.05, 3.63) is 34.9 Å². The largest absolute Gasteiger partial charge is 0.393 e. The molecule has 1 aliphatic carbocycles. The van der Waals surface area contributed by atoms with Gasteiger partial charge in [-0.25, -0.2) is 0 Å². The van der Waals surface area contributed by atoms with Crippen molar-refractivity contribution in [2.45, 2.75) is 38.8 Å². The molecule has 1 fully saturated rings. The van der Waals surface area contributed by atoms with E-state index in [0.717, 1.165) is 43.5 Å². The summed E-state index contributed by atoms with van der Waals surface area (Å²) in [6.45, 7) is 3.58. The van der Waals surface area contributed by atoms with Gasteiger partial charge in [-0.1, -0.05) is 12.5 Å². The Labute approximate surface area is 114 Å². The maximum Gasteiger partial charge on any atom is 0.248 e. The second kappa shape index (κ2) is 6.17. The van der Waals surface area contributed by atoms with Gasteiger partial charge in [0.15, 0.2) is 0 Å². The molecule has 0 heterocycles. The smallest absolute Gasteiger partial charge is 0.248 e. The Balaban J connectivity index is 1.87. The van der Waals surface area contributed by atoms with E-state index in [2.05, 4.69) is 5.32 Å². The molecule has 4 heteroatoms. The highest BCUT2D eigenvalue weighted by atomic mass is 16.3. The van der Waals surface area contributed by atoms with Gasteiger partial charge in [0.25, 0.3) is 0 Å². The van der Waals surface area contributed by atoms with Crippen molar-refractivity contribution < 1.29 is 9.90 Å². The first kappa shape index (κ1) is 14.0. The lowest BCUT2D eigenvalue weighted by molar-refractivity contribution is 0.1000. The molecule has 1 aromatic rings. The van der Waals surface area contributed by atoms with Crippen LogP contribution in [0.2, 0.25) is 0 Å². The number of nitrogens with one attached hydrogen (secondary N) is 1. The number of benzene rings is 1. The molecule has 1 amide bonds. The molecule has 4 nitrogen and oxygen atoms in total. The Kier molecular flexibility index (Phi) is 4.56. The van der Waals surface area contributed by atoms with Gasteiger partial charge in [-0.3, -0.25) is 4.79 Å². The van der Waals surface area contributed by atoms with Gasteiger partial charge in [0.05, 0.1) is 6.10 Å². The molecule has 2 rings (SSSR count). The summed E-state index contributed by atoms with van der Waals surface area (Å²) in [6, 6.07) is 5.52. The molecule has 0 radical (unpaired) electrons. The lowest BCUT2D eigenvalue weighted by Crippen LogP contribution is -2.27. The molecule has 2 unspecified atom stereocenters. The number of nitrogens with two attached hydrogens (primary N) is 1. The second-order valence-corrected chi connectivity index (χ2v) is 5.39. The van der Waals surface area contributed by atoms with Crippen LogP contribution in [-0.2, 0) is 6.54 Å². The first-order valence-corrected chi connectivity index (χ1v) is 6.86. The predicted molar refractivity (Wildman–Crippen MR) is 74.8 cm³/mol. The fraction of sp³-hybridized carbons (Fsp3) is 0.533. The van der Waals surface area contributed by atoms with Crippen molar-refractivity contribution in [2.24, 2.45) is 11.7 Å². The number of hydrogen-bond acceptors (Lipinski definition) is 3. The van der Waals surface area contributed by atoms with E-state index in [1.54, 1.807) is 6.07 Å². The van der Waals surface area contributed by atoms with Gasteiger partial charge < -0.3 is 16.2 Å². The zero-order chi connectivity index (χ0) is 13.8. The molecule has 0 bridgehead atoms. The number of carbonyl (C=O) groups is 1. The molecule has 0 spiro atoms. The van der Waals surface area contributed by atoms with Gasteiger partial charge in [0.1, 0.15) is 0 Å². The molecular weight excluding hydrogens is 240 g/mol. The number of primary amides is 1. The van der Waals surface area contributed by atoms with E-state index < -0.39 is 5.91 Å². The van der Waals surface area contributed by atoms with E-state index in [9.17, 15) is 9.90 Å². The Hall–Kier alpha value is -1.39. The molecule has 1 aliphatic rings. The van der Waals surface area contributed by atoms with Crippen LogP contribution in [0.1, 0.15) is 40.7 Å². The Morgan fingerprint density at radius 2 is 2.26 bits per heavy atom. The molecular formula is C15H22N2O2. The van der Waals surface area contributed by atoms with Crippen LogP contribution in [-0.4, -0.2) is 23.7 Å². The number of hydrogen-bond donors (Lipinski definition) is 3. The Morgan fingerprint density at radius 3 is 2.84 bits per heavy atom. The van der Waals surface area contributed by atoms with Crippen molar-refractivity contribution >= 4 is 5.91 Å². The SMILES string of the molecule is Cc1cc(C(N)=O)ccc1CNCC1CCCC1O. The first-order chi connectivity index (χ1) is 9.08. The van der Waals surface area contributed by atoms with Crippen molar-refractivity contribution in [3.63, 3.8) is 0 Å². The molecule has 0 aliphatic heterocycles. The summed E-state index contributed by atoms with van der Waals surface area (Å²) < 4.78 is 0. The van der Waals surface area contributed by atoms with Gasteiger partial charge in [-0.15, -0.1) is 0 Å². The minimum Gasteiger partial charge on any atom is -0.393 e. The van der Waals surface area contributed by atoms with E-state index in [1.165, 1.54) is 0 Å². The average molecular weight is 262 g/mol. The van der Waals surface area contributed by atoms with Crippen LogP contribution in [0, 0.1) is 12.8 Å². The second-order valence-electron chi connectivity index (χ2n) is 5.39. The van der Waals surface area contributed by atoms with E-state index >= 15 is 0 Å². The zero-order valence-electron chi connectivity index (χ0n) is 11.4. The third-order valence-corrected chi connectivity index (χ3v) is 3.97. The summed E-state index contributed by atoms with van der Waals surface area (Å²) >= 11 is 0. The van der Waals surface area contributed by atoms with Crippen LogP contribution < -0.4 is 11.1 Å². The van der Waals surface area contributed by atoms with Gasteiger partial charge in [-0.05, 0) is 48.9 Å². The zero-order valence-corrected chi connectivity index (χ0v) is 11.4. The summed E-state index contributed by atoms with van der Waals surface area (Å²) in [7, 11) is 0. The van der Waals surface area contributed by atoms with Crippen molar-refractivity contribution in [3.8, 4) is 0 Å². The number of carbonyl (C=O) groups excluding carboxylic acids is 1. The van der Waals surface area contributed by atoms with Crippen LogP contribution in [0.5, 0.6) is 0 Å². The third-order valence-electron chi connectivity index (χ3n) is 3.97. The minimum atomic E-state index is -0.392. The fourth-order valence-electron chi connectivity index (χ4n) is 2.70. The van der Waals surface area contributed by atoms with E-state index in [4.69, 9.17) is 5.73 Å².